The van der Waals surface area contributed by atoms with Gasteiger partial charge in [0.05, 0.1) is 6.54 Å². The molecule has 0 aromatic carbocycles. The van der Waals surface area contributed by atoms with Crippen molar-refractivity contribution in [1.29, 1.82) is 0 Å². The molecule has 22 heavy (non-hydrogen) atoms. The van der Waals surface area contributed by atoms with Gasteiger partial charge in [0, 0.05) is 26.2 Å². The number of aliphatic imine (C=N–C) groups is 1. The number of guanidine groups is 1. The van der Waals surface area contributed by atoms with Gasteiger partial charge in [-0.3, -0.25) is 4.99 Å². The number of sulfonamides is 1. The van der Waals surface area contributed by atoms with E-state index in [2.05, 4.69) is 15.6 Å². The molecule has 12 heteroatoms. The average Bonchev–Trinajstić information content (AvgIpc) is 2.42. The number of alkyl halides is 5. The van der Waals surface area contributed by atoms with Gasteiger partial charge < -0.3 is 10.6 Å². The van der Waals surface area contributed by atoms with Crippen molar-refractivity contribution in [1.82, 2.24) is 14.9 Å². The first-order chi connectivity index (χ1) is 10.1. The summed E-state index contributed by atoms with van der Waals surface area (Å²) < 4.78 is 84.2. The Kier molecular flexibility index (Phi) is 6.35. The number of rotatable bonds is 4. The third kappa shape index (κ3) is 4.93. The fourth-order valence-corrected chi connectivity index (χ4v) is 2.93. The Morgan fingerprint density at radius 2 is 1.86 bits per heavy atom. The van der Waals surface area contributed by atoms with Crippen LogP contribution < -0.4 is 10.6 Å². The topological polar surface area (TPSA) is 73.8 Å². The summed E-state index contributed by atoms with van der Waals surface area (Å²) in [5.41, 5.74) is -5.32. The first-order valence-corrected chi connectivity index (χ1v) is 7.83. The molecule has 6 nitrogen and oxygen atoms in total. The van der Waals surface area contributed by atoms with E-state index >= 15 is 0 Å². The van der Waals surface area contributed by atoms with Crippen molar-refractivity contribution < 1.29 is 30.4 Å². The zero-order valence-corrected chi connectivity index (χ0v) is 12.5. The maximum Gasteiger partial charge on any atom is 0.511 e. The summed E-state index contributed by atoms with van der Waals surface area (Å²) in [6.45, 7) is -1.21. The summed E-state index contributed by atoms with van der Waals surface area (Å²) in [5.74, 6) is 0.0948. The van der Waals surface area contributed by atoms with Crippen LogP contribution in [0.2, 0.25) is 0 Å². The van der Waals surface area contributed by atoms with Crippen molar-refractivity contribution in [3.8, 4) is 0 Å². The smallest absolute Gasteiger partial charge is 0.354 e. The van der Waals surface area contributed by atoms with E-state index in [1.807, 2.05) is 0 Å². The molecule has 0 atom stereocenters. The van der Waals surface area contributed by atoms with E-state index in [0.717, 1.165) is 0 Å². The van der Waals surface area contributed by atoms with Crippen molar-refractivity contribution >= 4 is 16.0 Å². The van der Waals surface area contributed by atoms with E-state index in [1.165, 1.54) is 7.05 Å². The van der Waals surface area contributed by atoms with Gasteiger partial charge in [-0.25, -0.2) is 17.2 Å². The van der Waals surface area contributed by atoms with Gasteiger partial charge in [-0.15, -0.1) is 0 Å². The van der Waals surface area contributed by atoms with Crippen molar-refractivity contribution in [2.24, 2.45) is 4.99 Å². The third-order valence-electron chi connectivity index (χ3n) is 3.07. The van der Waals surface area contributed by atoms with Gasteiger partial charge in [0.15, 0.2) is 5.96 Å². The normalized spacial score (nSPS) is 19.5. The van der Waals surface area contributed by atoms with Crippen molar-refractivity contribution in [2.75, 3.05) is 26.7 Å². The molecule has 0 spiro atoms. The van der Waals surface area contributed by atoms with E-state index < -0.39 is 28.5 Å². The predicted octanol–water partition coefficient (Wildman–Crippen LogP) is 0.730. The molecule has 1 fully saturated rings. The summed E-state index contributed by atoms with van der Waals surface area (Å²) in [4.78, 5) is 3.71. The molecule has 1 aliphatic heterocycles. The highest BCUT2D eigenvalue weighted by atomic mass is 32.2. The molecule has 1 saturated heterocycles. The Balaban J connectivity index is 2.52. The van der Waals surface area contributed by atoms with Crippen LogP contribution in [0.3, 0.4) is 0 Å². The van der Waals surface area contributed by atoms with Crippen LogP contribution in [0.4, 0.5) is 22.0 Å². The summed E-state index contributed by atoms with van der Waals surface area (Å²) in [6.07, 6.45) is -2.34. The number of hydrogen-bond acceptors (Lipinski definition) is 3. The number of hydrogen-bond donors (Lipinski definition) is 2. The van der Waals surface area contributed by atoms with Crippen molar-refractivity contribution in [3.63, 3.8) is 0 Å². The van der Waals surface area contributed by atoms with Crippen LogP contribution in [0.25, 0.3) is 0 Å². The van der Waals surface area contributed by atoms with Crippen LogP contribution in [0.5, 0.6) is 0 Å². The van der Waals surface area contributed by atoms with Crippen LogP contribution >= 0.6 is 0 Å². The molecule has 0 saturated carbocycles. The van der Waals surface area contributed by atoms with Crippen LogP contribution in [0.15, 0.2) is 4.99 Å². The maximum absolute atomic E-state index is 12.4. The molecule has 1 rings (SSSR count). The molecule has 0 amide bonds. The van der Waals surface area contributed by atoms with Gasteiger partial charge in [0.25, 0.3) is 6.43 Å². The largest absolute Gasteiger partial charge is 0.511 e. The highest BCUT2D eigenvalue weighted by Crippen LogP contribution is 2.28. The molecule has 0 radical (unpaired) electrons. The molecule has 0 bridgehead atoms. The average molecular weight is 352 g/mol. The zero-order chi connectivity index (χ0) is 17.0. The molecule has 2 N–H and O–H groups in total. The molecule has 1 heterocycles. The third-order valence-corrected chi connectivity index (χ3v) is 4.70. The van der Waals surface area contributed by atoms with Crippen molar-refractivity contribution in [2.45, 2.75) is 30.8 Å². The molecular formula is C10H17F5N4O2S. The number of halogens is 5. The zero-order valence-electron chi connectivity index (χ0n) is 11.7. The Bertz CT molecular complexity index is 486. The second-order valence-electron chi connectivity index (χ2n) is 4.61. The second kappa shape index (κ2) is 7.40. The van der Waals surface area contributed by atoms with Crippen LogP contribution in [0, 0.1) is 0 Å². The van der Waals surface area contributed by atoms with Gasteiger partial charge in [0.1, 0.15) is 0 Å². The van der Waals surface area contributed by atoms with E-state index in [0.29, 0.717) is 4.31 Å². The lowest BCUT2D eigenvalue weighted by Crippen LogP contribution is -2.52. The van der Waals surface area contributed by atoms with E-state index in [1.54, 1.807) is 0 Å². The van der Waals surface area contributed by atoms with Crippen LogP contribution in [0.1, 0.15) is 12.8 Å². The lowest BCUT2D eigenvalue weighted by molar-refractivity contribution is -0.0494. The maximum atomic E-state index is 12.4. The van der Waals surface area contributed by atoms with Gasteiger partial charge >= 0.3 is 15.5 Å². The van der Waals surface area contributed by atoms with E-state index in [9.17, 15) is 30.4 Å². The molecule has 0 aliphatic carbocycles. The second-order valence-corrected chi connectivity index (χ2v) is 6.54. The Morgan fingerprint density at radius 1 is 1.32 bits per heavy atom. The first-order valence-electron chi connectivity index (χ1n) is 6.39. The van der Waals surface area contributed by atoms with Gasteiger partial charge in [-0.2, -0.15) is 17.5 Å². The van der Waals surface area contributed by atoms with Crippen molar-refractivity contribution in [3.05, 3.63) is 0 Å². The highest BCUT2D eigenvalue weighted by Gasteiger charge is 2.50. The Morgan fingerprint density at radius 3 is 2.27 bits per heavy atom. The standard InChI is InChI=1S/C10H17F5N4O2S/c1-16-9(17-6-8(11)12)18-7-2-4-19(5-3-7)22(20,21)10(13,14)15/h7-8H,2-6H2,1H3,(H2,16,17,18). The lowest BCUT2D eigenvalue weighted by atomic mass is 10.1. The van der Waals surface area contributed by atoms with E-state index in [4.69, 9.17) is 0 Å². The minimum Gasteiger partial charge on any atom is -0.354 e. The Hall–Kier alpha value is -1.17. The molecule has 0 aromatic rings. The predicted molar refractivity (Wildman–Crippen MR) is 70.1 cm³/mol. The fourth-order valence-electron chi connectivity index (χ4n) is 1.95. The molecule has 0 aromatic heterocycles. The fraction of sp³-hybridized carbons (Fsp3) is 0.900. The number of piperidine rings is 1. The monoisotopic (exact) mass is 352 g/mol. The van der Waals surface area contributed by atoms with Gasteiger partial charge in [-0.1, -0.05) is 0 Å². The molecule has 130 valence electrons. The minimum atomic E-state index is -5.32. The highest BCUT2D eigenvalue weighted by molar-refractivity contribution is 7.90. The van der Waals surface area contributed by atoms with E-state index in [-0.39, 0.29) is 37.9 Å². The summed E-state index contributed by atoms with van der Waals surface area (Å²) in [5, 5.41) is 5.13. The lowest BCUT2D eigenvalue weighted by Gasteiger charge is -2.32. The summed E-state index contributed by atoms with van der Waals surface area (Å²) in [6, 6.07) is -0.344. The van der Waals surface area contributed by atoms with Crippen LogP contribution in [-0.4, -0.2) is 63.3 Å². The quantitative estimate of drug-likeness (QED) is 0.444. The van der Waals surface area contributed by atoms with Gasteiger partial charge in [0.2, 0.25) is 0 Å². The SMILES string of the molecule is CN=C(NCC(F)F)NC1CCN(S(=O)(=O)C(F)(F)F)CC1. The Labute approximate surface area is 124 Å². The summed E-state index contributed by atoms with van der Waals surface area (Å²) in [7, 11) is -3.95. The summed E-state index contributed by atoms with van der Waals surface area (Å²) >= 11 is 0. The van der Waals surface area contributed by atoms with Crippen LogP contribution in [-0.2, 0) is 10.0 Å². The number of nitrogens with zero attached hydrogens (tertiary/aromatic N) is 2. The minimum absolute atomic E-state index is 0.0948. The molecule has 1 aliphatic rings. The molecule has 0 unspecified atom stereocenters. The number of nitrogens with one attached hydrogen (secondary N) is 2. The first kappa shape index (κ1) is 18.9. The molecular weight excluding hydrogens is 335 g/mol. The van der Waals surface area contributed by atoms with Gasteiger partial charge in [-0.05, 0) is 12.8 Å².